The second kappa shape index (κ2) is 15.6. The van der Waals surface area contributed by atoms with Crippen molar-refractivity contribution in [1.82, 2.24) is 19.5 Å². The molecule has 220 valence electrons. The number of carbonyl (C=O) groups is 2. The maximum Gasteiger partial charge on any atom is 0.312 e. The van der Waals surface area contributed by atoms with Crippen molar-refractivity contribution in [2.45, 2.75) is 108 Å². The van der Waals surface area contributed by atoms with Crippen LogP contribution in [0, 0.1) is 18.4 Å². The number of rotatable bonds is 17. The molecule has 2 aromatic rings. The van der Waals surface area contributed by atoms with E-state index in [4.69, 9.17) is 15.9 Å². The van der Waals surface area contributed by atoms with Crippen LogP contribution in [0.3, 0.4) is 0 Å². The van der Waals surface area contributed by atoms with Crippen molar-refractivity contribution in [3.8, 4) is 12.3 Å². The number of nitrogens with zero attached hydrogens (tertiary/aromatic N) is 4. The van der Waals surface area contributed by atoms with E-state index in [1.165, 1.54) is 49.4 Å². The Morgan fingerprint density at radius 1 is 1.18 bits per heavy atom. The fourth-order valence-corrected chi connectivity index (χ4v) is 4.69. The van der Waals surface area contributed by atoms with Crippen LogP contribution in [-0.2, 0) is 19.1 Å². The first kappa shape index (κ1) is 31.4. The summed E-state index contributed by atoms with van der Waals surface area (Å²) in [6.07, 6.45) is 14.8. The number of anilines is 1. The van der Waals surface area contributed by atoms with Gasteiger partial charge in [0.2, 0.25) is 5.91 Å². The van der Waals surface area contributed by atoms with Gasteiger partial charge in [-0.2, -0.15) is 14.4 Å². The van der Waals surface area contributed by atoms with Gasteiger partial charge >= 0.3 is 12.0 Å². The minimum absolute atomic E-state index is 0.0153. The summed E-state index contributed by atoms with van der Waals surface area (Å²) < 4.78 is 26.5. The number of nitrogens with one attached hydrogen (secondary N) is 1. The third kappa shape index (κ3) is 8.43. The number of aliphatic hydroxyl groups excluding tert-OH is 2. The van der Waals surface area contributed by atoms with E-state index in [0.717, 1.165) is 19.3 Å². The molecule has 1 fully saturated rings. The smallest absolute Gasteiger partial charge is 0.312 e. The van der Waals surface area contributed by atoms with Gasteiger partial charge in [-0.25, -0.2) is 4.98 Å². The number of terminal acetylenes is 1. The summed E-state index contributed by atoms with van der Waals surface area (Å²) in [5.74, 6) is 1.41. The zero-order chi connectivity index (χ0) is 29.0. The van der Waals surface area contributed by atoms with Crippen LogP contribution in [0.15, 0.2) is 6.33 Å². The Labute approximate surface area is 233 Å². The second-order valence-electron chi connectivity index (χ2n) is 10.1. The highest BCUT2D eigenvalue weighted by atomic mass is 19.1. The number of aromatic nitrogens is 4. The van der Waals surface area contributed by atoms with Gasteiger partial charge in [0.25, 0.3) is 0 Å². The van der Waals surface area contributed by atoms with E-state index >= 15 is 0 Å². The maximum absolute atomic E-state index is 14.2. The SMILES string of the molecule is C#C[C@]1(CO)O[C@@H](n2cnc3c(NC(=O)CCCOC(=O)CCCCCCCCCCC)nc(F)nc32)C[C@@H]1O. The molecule has 2 aromatic heterocycles. The molecule has 0 unspecified atom stereocenters. The number of esters is 1. The maximum atomic E-state index is 14.2. The molecule has 3 rings (SSSR count). The number of hydrogen-bond donors (Lipinski definition) is 3. The Morgan fingerprint density at radius 2 is 1.88 bits per heavy atom. The molecule has 1 amide bonds. The molecule has 0 aromatic carbocycles. The number of fused-ring (bicyclic) bond motifs is 1. The van der Waals surface area contributed by atoms with Gasteiger partial charge < -0.3 is 25.0 Å². The average Bonchev–Trinajstić information content (AvgIpc) is 3.51. The lowest BCUT2D eigenvalue weighted by atomic mass is 9.99. The average molecular weight is 562 g/mol. The van der Waals surface area contributed by atoms with Gasteiger partial charge in [0.05, 0.1) is 19.5 Å². The van der Waals surface area contributed by atoms with Crippen molar-refractivity contribution in [2.24, 2.45) is 0 Å². The molecule has 0 radical (unpaired) electrons. The zero-order valence-electron chi connectivity index (χ0n) is 23.1. The van der Waals surface area contributed by atoms with E-state index in [9.17, 15) is 24.2 Å². The molecule has 1 saturated heterocycles. The van der Waals surface area contributed by atoms with Crippen LogP contribution in [0.4, 0.5) is 10.2 Å². The van der Waals surface area contributed by atoms with Crippen LogP contribution in [0.1, 0.15) is 96.6 Å². The number of amides is 1. The van der Waals surface area contributed by atoms with Crippen molar-refractivity contribution < 1.29 is 33.7 Å². The van der Waals surface area contributed by atoms with Crippen molar-refractivity contribution in [3.63, 3.8) is 0 Å². The van der Waals surface area contributed by atoms with Crippen molar-refractivity contribution >= 4 is 28.9 Å². The Hall–Kier alpha value is -3.14. The molecule has 11 nitrogen and oxygen atoms in total. The third-order valence-corrected chi connectivity index (χ3v) is 7.05. The van der Waals surface area contributed by atoms with Crippen molar-refractivity contribution in [2.75, 3.05) is 18.5 Å². The molecule has 40 heavy (non-hydrogen) atoms. The summed E-state index contributed by atoms with van der Waals surface area (Å²) in [7, 11) is 0. The molecule has 0 saturated carbocycles. The zero-order valence-corrected chi connectivity index (χ0v) is 23.1. The summed E-state index contributed by atoms with van der Waals surface area (Å²) in [5.41, 5.74) is -1.46. The van der Waals surface area contributed by atoms with E-state index in [-0.39, 0.29) is 42.4 Å². The topological polar surface area (TPSA) is 149 Å². The van der Waals surface area contributed by atoms with Gasteiger partial charge in [-0.3, -0.25) is 14.2 Å². The third-order valence-electron chi connectivity index (χ3n) is 7.05. The summed E-state index contributed by atoms with van der Waals surface area (Å²) in [6, 6.07) is 0. The van der Waals surface area contributed by atoms with Crippen molar-refractivity contribution in [3.05, 3.63) is 12.4 Å². The molecular formula is C28H40FN5O6. The highest BCUT2D eigenvalue weighted by Crippen LogP contribution is 2.37. The van der Waals surface area contributed by atoms with Crippen LogP contribution >= 0.6 is 0 Å². The first-order chi connectivity index (χ1) is 19.3. The first-order valence-electron chi connectivity index (χ1n) is 14.1. The van der Waals surface area contributed by atoms with Crippen LogP contribution < -0.4 is 5.32 Å². The summed E-state index contributed by atoms with van der Waals surface area (Å²) in [6.45, 7) is 1.71. The molecular weight excluding hydrogens is 521 g/mol. The van der Waals surface area contributed by atoms with E-state index in [0.29, 0.717) is 12.8 Å². The predicted octanol–water partition coefficient (Wildman–Crippen LogP) is 3.79. The number of ether oxygens (including phenoxy) is 2. The van der Waals surface area contributed by atoms with E-state index < -0.39 is 36.5 Å². The fraction of sp³-hybridized carbons (Fsp3) is 0.679. The van der Waals surface area contributed by atoms with Crippen LogP contribution in [0.2, 0.25) is 0 Å². The van der Waals surface area contributed by atoms with Crippen LogP contribution in [0.5, 0.6) is 0 Å². The molecule has 1 aliphatic heterocycles. The molecule has 3 atom stereocenters. The number of halogens is 1. The molecule has 0 bridgehead atoms. The van der Waals surface area contributed by atoms with Gasteiger partial charge in [-0.05, 0) is 12.8 Å². The summed E-state index contributed by atoms with van der Waals surface area (Å²) >= 11 is 0. The minimum Gasteiger partial charge on any atom is -0.466 e. The van der Waals surface area contributed by atoms with E-state index in [1.807, 2.05) is 0 Å². The standard InChI is InChI=1S/C28H40FN5O6/c1-3-5-6-7-8-9-10-11-12-15-23(38)39-16-13-14-21(37)31-25-24-26(33-27(29)32-25)34(19-30-24)22-17-20(36)28(4-2,18-35)40-22/h2,19-20,22,35-36H,3,5-18H2,1H3,(H,31,32,33,37)/t20-,22+,28+/m0/s1. The molecule has 3 N–H and O–H groups in total. The second-order valence-corrected chi connectivity index (χ2v) is 10.1. The molecule has 0 aliphatic carbocycles. The lowest BCUT2D eigenvalue weighted by Crippen LogP contribution is -2.41. The fourth-order valence-electron chi connectivity index (χ4n) is 4.69. The van der Waals surface area contributed by atoms with Gasteiger partial charge in [0, 0.05) is 19.3 Å². The lowest BCUT2D eigenvalue weighted by molar-refractivity contribution is -0.144. The Morgan fingerprint density at radius 3 is 2.52 bits per heavy atom. The highest BCUT2D eigenvalue weighted by molar-refractivity contribution is 5.96. The first-order valence-corrected chi connectivity index (χ1v) is 14.1. The quantitative estimate of drug-likeness (QED) is 0.113. The summed E-state index contributed by atoms with van der Waals surface area (Å²) in [5, 5.41) is 22.4. The Kier molecular flexibility index (Phi) is 12.2. The van der Waals surface area contributed by atoms with Gasteiger partial charge in [-0.1, -0.05) is 64.2 Å². The number of imidazole rings is 1. The predicted molar refractivity (Wildman–Crippen MR) is 145 cm³/mol. The highest BCUT2D eigenvalue weighted by Gasteiger charge is 2.47. The van der Waals surface area contributed by atoms with E-state index in [2.05, 4.69) is 33.1 Å². The van der Waals surface area contributed by atoms with E-state index in [1.54, 1.807) is 0 Å². The van der Waals surface area contributed by atoms with Crippen LogP contribution in [-0.4, -0.2) is 66.5 Å². The molecule has 3 heterocycles. The monoisotopic (exact) mass is 561 g/mol. The van der Waals surface area contributed by atoms with Gasteiger partial charge in [0.15, 0.2) is 22.6 Å². The molecule has 1 aliphatic rings. The number of hydrogen-bond acceptors (Lipinski definition) is 9. The van der Waals surface area contributed by atoms with Crippen LogP contribution in [0.25, 0.3) is 11.2 Å². The Bertz CT molecular complexity index is 1170. The van der Waals surface area contributed by atoms with Crippen molar-refractivity contribution in [1.29, 1.82) is 0 Å². The van der Waals surface area contributed by atoms with Gasteiger partial charge in [0.1, 0.15) is 12.3 Å². The Balaban J connectivity index is 1.41. The number of unbranched alkanes of at least 4 members (excludes halogenated alkanes) is 8. The normalized spacial score (nSPS) is 20.5. The molecule has 12 heteroatoms. The summed E-state index contributed by atoms with van der Waals surface area (Å²) in [4.78, 5) is 36.0. The number of carbonyl (C=O) groups excluding carboxylic acids is 2. The largest absolute Gasteiger partial charge is 0.466 e. The lowest BCUT2D eigenvalue weighted by Gasteiger charge is -2.23. The van der Waals surface area contributed by atoms with Gasteiger partial charge in [-0.15, -0.1) is 6.42 Å². The number of aliphatic hydroxyl groups is 2. The molecule has 0 spiro atoms. The minimum atomic E-state index is -1.60.